The molecule has 0 N–H and O–H groups in total. The van der Waals surface area contributed by atoms with Gasteiger partial charge >= 0.3 is 0 Å². The van der Waals surface area contributed by atoms with Crippen LogP contribution in [0.3, 0.4) is 0 Å². The van der Waals surface area contributed by atoms with Crippen molar-refractivity contribution in [3.63, 3.8) is 0 Å². The number of hydrogen-bond donors (Lipinski definition) is 0. The van der Waals surface area contributed by atoms with Gasteiger partial charge in [-0.05, 0) is 39.1 Å². The number of carbonyl (C=O) groups is 2. The summed E-state index contributed by atoms with van der Waals surface area (Å²) >= 11 is 0. The van der Waals surface area contributed by atoms with E-state index < -0.39 is 0 Å². The molecular weight excluding hydrogens is 378 g/mol. The van der Waals surface area contributed by atoms with Crippen LogP contribution in [0.15, 0.2) is 36.7 Å². The van der Waals surface area contributed by atoms with Crippen molar-refractivity contribution in [2.75, 3.05) is 40.3 Å². The zero-order chi connectivity index (χ0) is 21.4. The molecule has 4 rings (SSSR count). The smallest absolute Gasteiger partial charge is 0.257 e. The number of fused-ring (bicyclic) bond motifs is 1. The summed E-state index contributed by atoms with van der Waals surface area (Å²) in [7, 11) is 3.84. The lowest BCUT2D eigenvalue weighted by atomic mass is 9.87. The molecule has 1 aromatic heterocycles. The first kappa shape index (κ1) is 20.5. The summed E-state index contributed by atoms with van der Waals surface area (Å²) in [5, 5.41) is 0. The number of benzene rings is 1. The number of hydrogen-bond acceptors (Lipinski definition) is 5. The maximum Gasteiger partial charge on any atom is 0.257 e. The van der Waals surface area contributed by atoms with E-state index in [-0.39, 0.29) is 29.7 Å². The van der Waals surface area contributed by atoms with Crippen molar-refractivity contribution in [3.05, 3.63) is 59.2 Å². The SMILES string of the molecule is Cc1ncc(C(=O)N2C[C@@H]3CN(C(=O)CN(C)C)[C@@H](c4ccccc4C)[C@@H]3C2)cn1. The van der Waals surface area contributed by atoms with Gasteiger partial charge in [0.15, 0.2) is 0 Å². The van der Waals surface area contributed by atoms with Crippen LogP contribution in [0.4, 0.5) is 0 Å². The van der Waals surface area contributed by atoms with E-state index >= 15 is 0 Å². The lowest BCUT2D eigenvalue weighted by Gasteiger charge is -2.31. The summed E-state index contributed by atoms with van der Waals surface area (Å²) < 4.78 is 0. The third kappa shape index (κ3) is 3.81. The zero-order valence-electron chi connectivity index (χ0n) is 18.1. The number of likely N-dealkylation sites (N-methyl/N-ethyl adjacent to an activating group) is 1. The highest BCUT2D eigenvalue weighted by atomic mass is 16.2. The van der Waals surface area contributed by atoms with Gasteiger partial charge in [0.1, 0.15) is 5.82 Å². The Morgan fingerprint density at radius 3 is 2.43 bits per heavy atom. The molecule has 2 fully saturated rings. The van der Waals surface area contributed by atoms with Crippen molar-refractivity contribution in [1.82, 2.24) is 24.7 Å². The molecule has 0 bridgehead atoms. The van der Waals surface area contributed by atoms with Crippen LogP contribution in [0.25, 0.3) is 0 Å². The summed E-state index contributed by atoms with van der Waals surface area (Å²) in [6.07, 6.45) is 3.20. The van der Waals surface area contributed by atoms with Crippen molar-refractivity contribution in [3.8, 4) is 0 Å². The third-order valence-electron chi connectivity index (χ3n) is 6.26. The predicted molar refractivity (Wildman–Crippen MR) is 114 cm³/mol. The Bertz CT molecular complexity index is 943. The number of rotatable bonds is 4. The Balaban J connectivity index is 1.60. The fraction of sp³-hybridized carbons (Fsp3) is 0.478. The number of carbonyl (C=O) groups excluding carboxylic acids is 2. The van der Waals surface area contributed by atoms with Gasteiger partial charge in [0.05, 0.1) is 18.2 Å². The molecule has 1 aromatic carbocycles. The van der Waals surface area contributed by atoms with Crippen LogP contribution < -0.4 is 0 Å². The van der Waals surface area contributed by atoms with Gasteiger partial charge in [-0.3, -0.25) is 9.59 Å². The molecule has 2 amide bonds. The molecule has 2 aromatic rings. The molecule has 0 spiro atoms. The first-order valence-electron chi connectivity index (χ1n) is 10.4. The van der Waals surface area contributed by atoms with Gasteiger partial charge in [0, 0.05) is 43.9 Å². The van der Waals surface area contributed by atoms with E-state index in [2.05, 4.69) is 29.0 Å². The number of aryl methyl sites for hydroxylation is 2. The molecule has 7 nitrogen and oxygen atoms in total. The van der Waals surface area contributed by atoms with Crippen molar-refractivity contribution in [2.24, 2.45) is 11.8 Å². The lowest BCUT2D eigenvalue weighted by molar-refractivity contribution is -0.133. The Morgan fingerprint density at radius 1 is 1.07 bits per heavy atom. The molecule has 2 saturated heterocycles. The van der Waals surface area contributed by atoms with Crippen LogP contribution in [0.5, 0.6) is 0 Å². The zero-order valence-corrected chi connectivity index (χ0v) is 18.1. The van der Waals surface area contributed by atoms with Crippen LogP contribution in [0.2, 0.25) is 0 Å². The fourth-order valence-corrected chi connectivity index (χ4v) is 4.83. The van der Waals surface area contributed by atoms with Gasteiger partial charge in [-0.2, -0.15) is 0 Å². The minimum absolute atomic E-state index is 0.00396. The van der Waals surface area contributed by atoms with Crippen LogP contribution in [0, 0.1) is 25.7 Å². The van der Waals surface area contributed by atoms with Crippen molar-refractivity contribution in [2.45, 2.75) is 19.9 Å². The molecule has 0 unspecified atom stereocenters. The number of nitrogens with zero attached hydrogens (tertiary/aromatic N) is 5. The second-order valence-electron chi connectivity index (χ2n) is 8.74. The number of amides is 2. The van der Waals surface area contributed by atoms with Crippen molar-refractivity contribution < 1.29 is 9.59 Å². The van der Waals surface area contributed by atoms with E-state index in [0.717, 1.165) is 0 Å². The maximum atomic E-state index is 13.0. The Morgan fingerprint density at radius 2 is 1.77 bits per heavy atom. The molecule has 30 heavy (non-hydrogen) atoms. The summed E-state index contributed by atoms with van der Waals surface area (Å²) in [5.41, 5.74) is 2.89. The van der Waals surface area contributed by atoms with Crippen LogP contribution in [-0.4, -0.2) is 76.8 Å². The predicted octanol–water partition coefficient (Wildman–Crippen LogP) is 1.93. The molecule has 158 valence electrons. The first-order chi connectivity index (χ1) is 14.3. The van der Waals surface area contributed by atoms with Gasteiger partial charge in [0.25, 0.3) is 5.91 Å². The highest BCUT2D eigenvalue weighted by molar-refractivity contribution is 5.94. The standard InChI is InChI=1S/C23H29N5O2/c1-15-7-5-6-8-19(15)22-20-13-27(23(30)17-9-24-16(2)25-10-17)11-18(20)12-28(22)21(29)14-26(3)4/h5-10,18,20,22H,11-14H2,1-4H3/t18-,20-,22+/m1/s1. The molecule has 2 aliphatic rings. The molecular formula is C23H29N5O2. The van der Waals surface area contributed by atoms with E-state index in [1.165, 1.54) is 11.1 Å². The van der Waals surface area contributed by atoms with Crippen LogP contribution in [0.1, 0.15) is 33.4 Å². The topological polar surface area (TPSA) is 69.6 Å². The van der Waals surface area contributed by atoms with Crippen molar-refractivity contribution >= 4 is 11.8 Å². The number of likely N-dealkylation sites (tertiary alicyclic amines) is 2. The highest BCUT2D eigenvalue weighted by Gasteiger charge is 2.50. The average Bonchev–Trinajstić information content (AvgIpc) is 3.26. The maximum absolute atomic E-state index is 13.0. The van der Waals surface area contributed by atoms with Gasteiger partial charge in [-0.15, -0.1) is 0 Å². The highest BCUT2D eigenvalue weighted by Crippen LogP contribution is 2.46. The van der Waals surface area contributed by atoms with Crippen LogP contribution >= 0.6 is 0 Å². The Labute approximate surface area is 177 Å². The molecule has 3 atom stereocenters. The van der Waals surface area contributed by atoms with Gasteiger partial charge < -0.3 is 14.7 Å². The van der Waals surface area contributed by atoms with Crippen molar-refractivity contribution in [1.29, 1.82) is 0 Å². The van der Waals surface area contributed by atoms with E-state index in [1.54, 1.807) is 19.3 Å². The Kier molecular flexibility index (Phi) is 5.56. The summed E-state index contributed by atoms with van der Waals surface area (Å²) in [6.45, 7) is 6.28. The first-order valence-corrected chi connectivity index (χ1v) is 10.4. The fourth-order valence-electron chi connectivity index (χ4n) is 4.83. The lowest BCUT2D eigenvalue weighted by Crippen LogP contribution is -2.41. The van der Waals surface area contributed by atoms with Gasteiger partial charge in [-0.1, -0.05) is 24.3 Å². The van der Waals surface area contributed by atoms with Crippen LogP contribution in [-0.2, 0) is 4.79 Å². The average molecular weight is 408 g/mol. The minimum atomic E-state index is -0.0286. The van der Waals surface area contributed by atoms with Gasteiger partial charge in [0.2, 0.25) is 5.91 Å². The second-order valence-corrected chi connectivity index (χ2v) is 8.74. The quantitative estimate of drug-likeness (QED) is 0.775. The van der Waals surface area contributed by atoms with Gasteiger partial charge in [-0.25, -0.2) is 9.97 Å². The third-order valence-corrected chi connectivity index (χ3v) is 6.26. The molecule has 7 heteroatoms. The number of aromatic nitrogens is 2. The van der Waals surface area contributed by atoms with E-state index in [4.69, 9.17) is 0 Å². The normalized spacial score (nSPS) is 23.2. The minimum Gasteiger partial charge on any atom is -0.338 e. The molecule has 2 aliphatic heterocycles. The largest absolute Gasteiger partial charge is 0.338 e. The molecule has 0 aliphatic carbocycles. The molecule has 3 heterocycles. The van der Waals surface area contributed by atoms with E-state index in [9.17, 15) is 9.59 Å². The molecule has 0 radical (unpaired) electrons. The van der Waals surface area contributed by atoms with E-state index in [1.807, 2.05) is 40.9 Å². The second kappa shape index (κ2) is 8.14. The monoisotopic (exact) mass is 407 g/mol. The Hall–Kier alpha value is -2.80. The van der Waals surface area contributed by atoms with E-state index in [0.29, 0.717) is 37.6 Å². The summed E-state index contributed by atoms with van der Waals surface area (Å²) in [4.78, 5) is 40.2. The summed E-state index contributed by atoms with van der Waals surface area (Å²) in [6, 6.07) is 8.27. The summed E-state index contributed by atoms with van der Waals surface area (Å²) in [5.74, 6) is 1.27. The molecule has 0 saturated carbocycles.